The molecular weight excluding hydrogens is 282 g/mol. The zero-order valence-corrected chi connectivity index (χ0v) is 12.4. The van der Waals surface area contributed by atoms with Crippen molar-refractivity contribution in [3.05, 3.63) is 29.3 Å². The Morgan fingerprint density at radius 1 is 1.45 bits per heavy atom. The van der Waals surface area contributed by atoms with Crippen molar-refractivity contribution in [3.8, 4) is 5.75 Å². The number of methoxy groups -OCH3 is 1. The summed E-state index contributed by atoms with van der Waals surface area (Å²) in [6.07, 6.45) is -0.812. The SMILES string of the molecule is COCC(O)CCNC(=O)C(C)Oc1ccccc1Cl. The Hall–Kier alpha value is -1.30. The first kappa shape index (κ1) is 16.8. The number of halogens is 1. The molecule has 0 fully saturated rings. The molecule has 6 heteroatoms. The van der Waals surface area contributed by atoms with Crippen molar-refractivity contribution in [1.82, 2.24) is 5.32 Å². The number of carbonyl (C=O) groups is 1. The standard InChI is InChI=1S/C14H20ClNO4/c1-10(20-13-6-4-3-5-12(13)15)14(18)16-8-7-11(17)9-19-2/h3-6,10-11,17H,7-9H2,1-2H3,(H,16,18). The van der Waals surface area contributed by atoms with Crippen LogP contribution in [0.4, 0.5) is 0 Å². The van der Waals surface area contributed by atoms with E-state index in [1.807, 2.05) is 0 Å². The summed E-state index contributed by atoms with van der Waals surface area (Å²) in [6, 6.07) is 6.97. The molecule has 1 aromatic rings. The van der Waals surface area contributed by atoms with Crippen LogP contribution >= 0.6 is 11.6 Å². The van der Waals surface area contributed by atoms with Crippen LogP contribution < -0.4 is 10.1 Å². The number of aliphatic hydroxyl groups excluding tert-OH is 1. The average molecular weight is 302 g/mol. The molecule has 2 unspecified atom stereocenters. The van der Waals surface area contributed by atoms with Gasteiger partial charge in [0.25, 0.3) is 5.91 Å². The van der Waals surface area contributed by atoms with Crippen LogP contribution in [0.3, 0.4) is 0 Å². The number of para-hydroxylation sites is 1. The number of aliphatic hydroxyl groups is 1. The first-order valence-corrected chi connectivity index (χ1v) is 6.78. The van der Waals surface area contributed by atoms with Crippen LogP contribution in [0.25, 0.3) is 0 Å². The number of carbonyl (C=O) groups excluding carboxylic acids is 1. The molecule has 2 atom stereocenters. The quantitative estimate of drug-likeness (QED) is 0.766. The van der Waals surface area contributed by atoms with E-state index in [4.69, 9.17) is 21.1 Å². The van der Waals surface area contributed by atoms with Gasteiger partial charge in [-0.2, -0.15) is 0 Å². The Balaban J connectivity index is 2.34. The molecule has 0 aliphatic carbocycles. The lowest BCUT2D eigenvalue weighted by molar-refractivity contribution is -0.127. The van der Waals surface area contributed by atoms with Crippen LogP contribution in [-0.2, 0) is 9.53 Å². The molecule has 0 saturated heterocycles. The van der Waals surface area contributed by atoms with Gasteiger partial charge in [0.05, 0.1) is 17.7 Å². The van der Waals surface area contributed by atoms with Crippen LogP contribution in [0, 0.1) is 0 Å². The van der Waals surface area contributed by atoms with Crippen molar-refractivity contribution >= 4 is 17.5 Å². The largest absolute Gasteiger partial charge is 0.479 e. The summed E-state index contributed by atoms with van der Waals surface area (Å²) in [5.74, 6) is 0.214. The van der Waals surface area contributed by atoms with Crippen LogP contribution in [-0.4, -0.2) is 43.5 Å². The average Bonchev–Trinajstić information content (AvgIpc) is 2.41. The van der Waals surface area contributed by atoms with Crippen molar-refractivity contribution in [3.63, 3.8) is 0 Å². The minimum absolute atomic E-state index is 0.252. The maximum absolute atomic E-state index is 11.8. The molecule has 0 radical (unpaired) electrons. The van der Waals surface area contributed by atoms with E-state index >= 15 is 0 Å². The van der Waals surface area contributed by atoms with Crippen molar-refractivity contribution in [2.75, 3.05) is 20.3 Å². The Kier molecular flexibility index (Phi) is 7.36. The van der Waals surface area contributed by atoms with Gasteiger partial charge in [-0.25, -0.2) is 0 Å². The van der Waals surface area contributed by atoms with Gasteiger partial charge in [-0.15, -0.1) is 0 Å². The summed E-state index contributed by atoms with van der Waals surface area (Å²) < 4.78 is 10.3. The van der Waals surface area contributed by atoms with E-state index in [1.165, 1.54) is 7.11 Å². The Bertz CT molecular complexity index is 427. The third-order valence-corrected chi connectivity index (χ3v) is 2.96. The molecule has 0 heterocycles. The maximum atomic E-state index is 11.8. The van der Waals surface area contributed by atoms with Gasteiger partial charge in [0.15, 0.2) is 6.10 Å². The number of nitrogens with one attached hydrogen (secondary N) is 1. The summed E-state index contributed by atoms with van der Waals surface area (Å²) in [6.45, 7) is 2.26. The third kappa shape index (κ3) is 5.77. The lowest BCUT2D eigenvalue weighted by Crippen LogP contribution is -2.38. The molecule has 2 N–H and O–H groups in total. The number of rotatable bonds is 8. The molecule has 5 nitrogen and oxygen atoms in total. The van der Waals surface area contributed by atoms with Crippen molar-refractivity contribution in [2.45, 2.75) is 25.6 Å². The highest BCUT2D eigenvalue weighted by molar-refractivity contribution is 6.32. The lowest BCUT2D eigenvalue weighted by atomic mass is 10.2. The van der Waals surface area contributed by atoms with E-state index in [0.717, 1.165) is 0 Å². The number of amides is 1. The zero-order chi connectivity index (χ0) is 15.0. The maximum Gasteiger partial charge on any atom is 0.260 e. The topological polar surface area (TPSA) is 67.8 Å². The Morgan fingerprint density at radius 2 is 2.15 bits per heavy atom. The summed E-state index contributed by atoms with van der Waals surface area (Å²) in [5.41, 5.74) is 0. The molecule has 1 rings (SSSR count). The Morgan fingerprint density at radius 3 is 2.80 bits per heavy atom. The number of hydrogen-bond donors (Lipinski definition) is 2. The highest BCUT2D eigenvalue weighted by atomic mass is 35.5. The van der Waals surface area contributed by atoms with Gasteiger partial charge in [-0.3, -0.25) is 4.79 Å². The van der Waals surface area contributed by atoms with Gasteiger partial charge in [0.1, 0.15) is 5.75 Å². The monoisotopic (exact) mass is 301 g/mol. The molecule has 1 amide bonds. The van der Waals surface area contributed by atoms with E-state index in [9.17, 15) is 9.90 Å². The third-order valence-electron chi connectivity index (χ3n) is 2.65. The number of benzene rings is 1. The van der Waals surface area contributed by atoms with Gasteiger partial charge in [-0.1, -0.05) is 23.7 Å². The van der Waals surface area contributed by atoms with Crippen LogP contribution in [0.2, 0.25) is 5.02 Å². The molecule has 1 aromatic carbocycles. The fraction of sp³-hybridized carbons (Fsp3) is 0.500. The number of ether oxygens (including phenoxy) is 2. The molecular formula is C14H20ClNO4. The summed E-state index contributed by atoms with van der Waals surface area (Å²) >= 11 is 5.95. The summed E-state index contributed by atoms with van der Waals surface area (Å²) in [7, 11) is 1.52. The van der Waals surface area contributed by atoms with Crippen molar-refractivity contribution in [1.29, 1.82) is 0 Å². The number of hydrogen-bond acceptors (Lipinski definition) is 4. The highest BCUT2D eigenvalue weighted by Gasteiger charge is 2.15. The zero-order valence-electron chi connectivity index (χ0n) is 11.6. The molecule has 0 saturated carbocycles. The van der Waals surface area contributed by atoms with E-state index < -0.39 is 12.2 Å². The Labute approximate surface area is 123 Å². The molecule has 0 aromatic heterocycles. The van der Waals surface area contributed by atoms with Crippen molar-refractivity contribution in [2.24, 2.45) is 0 Å². The minimum atomic E-state index is -0.658. The van der Waals surface area contributed by atoms with Crippen molar-refractivity contribution < 1.29 is 19.4 Å². The van der Waals surface area contributed by atoms with E-state index in [1.54, 1.807) is 31.2 Å². The first-order chi connectivity index (χ1) is 9.54. The lowest BCUT2D eigenvalue weighted by Gasteiger charge is -2.16. The fourth-order valence-corrected chi connectivity index (χ4v) is 1.75. The van der Waals surface area contributed by atoms with Gasteiger partial charge in [0, 0.05) is 13.7 Å². The predicted octanol–water partition coefficient (Wildman–Crippen LogP) is 1.62. The predicted molar refractivity (Wildman–Crippen MR) is 77.1 cm³/mol. The van der Waals surface area contributed by atoms with Crippen LogP contribution in [0.15, 0.2) is 24.3 Å². The second kappa shape index (κ2) is 8.79. The smallest absolute Gasteiger partial charge is 0.260 e. The van der Waals surface area contributed by atoms with Gasteiger partial charge in [0.2, 0.25) is 0 Å². The van der Waals surface area contributed by atoms with Gasteiger partial charge < -0.3 is 19.9 Å². The van der Waals surface area contributed by atoms with Crippen LogP contribution in [0.5, 0.6) is 5.75 Å². The van der Waals surface area contributed by atoms with E-state index in [0.29, 0.717) is 23.7 Å². The molecule has 0 spiro atoms. The van der Waals surface area contributed by atoms with E-state index in [2.05, 4.69) is 5.32 Å². The minimum Gasteiger partial charge on any atom is -0.479 e. The summed E-state index contributed by atoms with van der Waals surface area (Å²) in [5, 5.41) is 12.6. The second-order valence-corrected chi connectivity index (χ2v) is 4.79. The molecule has 0 bridgehead atoms. The molecule has 0 aliphatic rings. The highest BCUT2D eigenvalue weighted by Crippen LogP contribution is 2.24. The summed E-state index contributed by atoms with van der Waals surface area (Å²) in [4.78, 5) is 11.8. The molecule has 0 aliphatic heterocycles. The molecule has 112 valence electrons. The molecule has 20 heavy (non-hydrogen) atoms. The first-order valence-electron chi connectivity index (χ1n) is 6.40. The van der Waals surface area contributed by atoms with E-state index in [-0.39, 0.29) is 12.5 Å². The van der Waals surface area contributed by atoms with Gasteiger partial charge >= 0.3 is 0 Å². The second-order valence-electron chi connectivity index (χ2n) is 4.38. The fourth-order valence-electron chi connectivity index (χ4n) is 1.57. The van der Waals surface area contributed by atoms with Gasteiger partial charge in [-0.05, 0) is 25.5 Å². The normalized spacial score (nSPS) is 13.6. The van der Waals surface area contributed by atoms with Crippen LogP contribution in [0.1, 0.15) is 13.3 Å².